The minimum absolute atomic E-state index is 0.145. The maximum atomic E-state index is 11.6. The molecule has 0 unspecified atom stereocenters. The Morgan fingerprint density at radius 2 is 1.76 bits per heavy atom. The zero-order chi connectivity index (χ0) is 22.8. The van der Waals surface area contributed by atoms with Crippen molar-refractivity contribution in [2.24, 2.45) is 11.7 Å². The Kier molecular flexibility index (Phi) is 6.04. The number of piperazine rings is 1. The number of carbonyl (C=O) groups excluding carboxylic acids is 1. The molecule has 2 fully saturated rings. The highest BCUT2D eigenvalue weighted by molar-refractivity contribution is 5.85. The first-order valence-electron chi connectivity index (χ1n) is 11.7. The highest BCUT2D eigenvalue weighted by atomic mass is 16.3. The number of hydrogen-bond acceptors (Lipinski definition) is 8. The van der Waals surface area contributed by atoms with Gasteiger partial charge in [0.15, 0.2) is 11.4 Å². The molecule has 2 aliphatic heterocycles. The van der Waals surface area contributed by atoms with Gasteiger partial charge in [-0.2, -0.15) is 4.98 Å². The molecular weight excluding hydrogens is 418 g/mol. The van der Waals surface area contributed by atoms with E-state index in [4.69, 9.17) is 15.1 Å². The van der Waals surface area contributed by atoms with Crippen LogP contribution in [0.3, 0.4) is 0 Å². The number of nitrogens with two attached hydrogens (primary N) is 1. The van der Waals surface area contributed by atoms with Gasteiger partial charge in [0.1, 0.15) is 5.52 Å². The third-order valence-corrected chi connectivity index (χ3v) is 6.75. The average molecular weight is 450 g/mol. The van der Waals surface area contributed by atoms with Crippen molar-refractivity contribution < 1.29 is 9.21 Å². The first-order chi connectivity index (χ1) is 16.1. The maximum Gasteiger partial charge on any atom is 0.229 e. The molecule has 9 nitrogen and oxygen atoms in total. The van der Waals surface area contributed by atoms with E-state index >= 15 is 0 Å². The Bertz CT molecular complexity index is 1100. The van der Waals surface area contributed by atoms with Crippen LogP contribution in [-0.4, -0.2) is 66.6 Å². The van der Waals surface area contributed by atoms with Gasteiger partial charge in [-0.1, -0.05) is 0 Å². The number of benzene rings is 1. The quantitative estimate of drug-likeness (QED) is 0.613. The average Bonchev–Trinajstić information content (AvgIpc) is 3.33. The summed E-state index contributed by atoms with van der Waals surface area (Å²) >= 11 is 0. The first-order valence-corrected chi connectivity index (χ1v) is 11.7. The van der Waals surface area contributed by atoms with Gasteiger partial charge in [-0.05, 0) is 49.6 Å². The van der Waals surface area contributed by atoms with E-state index < -0.39 is 0 Å². The Morgan fingerprint density at radius 3 is 2.42 bits per heavy atom. The number of rotatable bonds is 5. The van der Waals surface area contributed by atoms with Crippen LogP contribution < -0.4 is 20.9 Å². The van der Waals surface area contributed by atoms with Crippen LogP contribution in [0, 0.1) is 5.92 Å². The Labute approximate surface area is 193 Å². The summed E-state index contributed by atoms with van der Waals surface area (Å²) in [4.78, 5) is 27.5. The van der Waals surface area contributed by atoms with Gasteiger partial charge in [-0.3, -0.25) is 4.79 Å². The Morgan fingerprint density at radius 1 is 1.03 bits per heavy atom. The van der Waals surface area contributed by atoms with Crippen LogP contribution in [0.15, 0.2) is 41.0 Å². The zero-order valence-corrected chi connectivity index (χ0v) is 19.0. The standard InChI is InChI=1S/C24H31N7O2/c1-17(32)29-11-13-30(14-12-29)20-4-2-19(3-5-20)26-24-27-21-8-15-33-22(21)23(28-24)31-9-6-18(16-25)7-10-31/h2-5,8,15,18H,6-7,9-14,16,25H2,1H3,(H,26,27,28). The summed E-state index contributed by atoms with van der Waals surface area (Å²) in [5, 5.41) is 3.36. The lowest BCUT2D eigenvalue weighted by atomic mass is 9.97. The molecule has 0 bridgehead atoms. The van der Waals surface area contributed by atoms with Crippen LogP contribution in [-0.2, 0) is 4.79 Å². The smallest absolute Gasteiger partial charge is 0.229 e. The molecule has 5 rings (SSSR count). The number of nitrogens with zero attached hydrogens (tertiary/aromatic N) is 5. The Balaban J connectivity index is 1.30. The van der Waals surface area contributed by atoms with Gasteiger partial charge in [0, 0.05) is 63.6 Å². The molecule has 0 aliphatic carbocycles. The van der Waals surface area contributed by atoms with Gasteiger partial charge in [0.25, 0.3) is 0 Å². The Hall–Kier alpha value is -3.33. The molecular formula is C24H31N7O2. The van der Waals surface area contributed by atoms with Crippen LogP contribution in [0.25, 0.3) is 11.1 Å². The number of fused-ring (bicyclic) bond motifs is 1. The molecule has 0 atom stereocenters. The molecule has 3 N–H and O–H groups in total. The predicted molar refractivity (Wildman–Crippen MR) is 130 cm³/mol. The number of hydrogen-bond donors (Lipinski definition) is 2. The minimum Gasteiger partial charge on any atom is -0.459 e. The molecule has 1 amide bonds. The van der Waals surface area contributed by atoms with E-state index in [1.165, 1.54) is 0 Å². The van der Waals surface area contributed by atoms with Crippen molar-refractivity contribution in [3.63, 3.8) is 0 Å². The number of amides is 1. The molecule has 1 aromatic carbocycles. The van der Waals surface area contributed by atoms with Crippen molar-refractivity contribution in [1.82, 2.24) is 14.9 Å². The van der Waals surface area contributed by atoms with Gasteiger partial charge < -0.3 is 30.2 Å². The van der Waals surface area contributed by atoms with Crippen LogP contribution in [0.5, 0.6) is 0 Å². The third kappa shape index (κ3) is 4.59. The van der Waals surface area contributed by atoms with Crippen molar-refractivity contribution in [2.45, 2.75) is 19.8 Å². The second-order valence-corrected chi connectivity index (χ2v) is 8.84. The van der Waals surface area contributed by atoms with Gasteiger partial charge in [0.05, 0.1) is 6.26 Å². The highest BCUT2D eigenvalue weighted by Gasteiger charge is 2.23. The van der Waals surface area contributed by atoms with E-state index in [1.54, 1.807) is 13.2 Å². The van der Waals surface area contributed by atoms with Crippen molar-refractivity contribution in [2.75, 3.05) is 60.9 Å². The minimum atomic E-state index is 0.145. The van der Waals surface area contributed by atoms with E-state index in [2.05, 4.69) is 32.2 Å². The van der Waals surface area contributed by atoms with Crippen molar-refractivity contribution in [3.8, 4) is 0 Å². The summed E-state index contributed by atoms with van der Waals surface area (Å²) in [6, 6.07) is 10.2. The van der Waals surface area contributed by atoms with Gasteiger partial charge in [-0.25, -0.2) is 4.98 Å². The number of piperidine rings is 1. The summed E-state index contributed by atoms with van der Waals surface area (Å²) in [7, 11) is 0. The fourth-order valence-electron chi connectivity index (χ4n) is 4.66. The molecule has 2 aromatic heterocycles. The highest BCUT2D eigenvalue weighted by Crippen LogP contribution is 2.30. The number of carbonyl (C=O) groups is 1. The summed E-state index contributed by atoms with van der Waals surface area (Å²) < 4.78 is 5.72. The van der Waals surface area contributed by atoms with Gasteiger partial charge in [0.2, 0.25) is 11.9 Å². The van der Waals surface area contributed by atoms with Crippen molar-refractivity contribution in [3.05, 3.63) is 36.6 Å². The molecule has 174 valence electrons. The lowest BCUT2D eigenvalue weighted by molar-refractivity contribution is -0.129. The van der Waals surface area contributed by atoms with E-state index in [0.29, 0.717) is 11.9 Å². The lowest BCUT2D eigenvalue weighted by Crippen LogP contribution is -2.48. The van der Waals surface area contributed by atoms with E-state index in [0.717, 1.165) is 86.9 Å². The molecule has 2 aliphatic rings. The van der Waals surface area contributed by atoms with Gasteiger partial charge in [-0.15, -0.1) is 0 Å². The van der Waals surface area contributed by atoms with Crippen LogP contribution >= 0.6 is 0 Å². The largest absolute Gasteiger partial charge is 0.459 e. The summed E-state index contributed by atoms with van der Waals surface area (Å²) in [5.41, 5.74) is 9.46. The zero-order valence-electron chi connectivity index (χ0n) is 19.0. The second kappa shape index (κ2) is 9.27. The van der Waals surface area contributed by atoms with Crippen molar-refractivity contribution in [1.29, 1.82) is 0 Å². The molecule has 0 saturated carbocycles. The van der Waals surface area contributed by atoms with Gasteiger partial charge >= 0.3 is 0 Å². The molecule has 0 radical (unpaired) electrons. The molecule has 4 heterocycles. The van der Waals surface area contributed by atoms with Crippen LogP contribution in [0.1, 0.15) is 19.8 Å². The van der Waals surface area contributed by atoms with Crippen molar-refractivity contribution >= 4 is 40.1 Å². The maximum absolute atomic E-state index is 11.6. The first kappa shape index (κ1) is 21.5. The van der Waals surface area contributed by atoms with E-state index in [-0.39, 0.29) is 5.91 Å². The second-order valence-electron chi connectivity index (χ2n) is 8.84. The summed E-state index contributed by atoms with van der Waals surface area (Å²) in [6.45, 7) is 7.42. The number of furan rings is 1. The normalized spacial score (nSPS) is 17.6. The monoisotopic (exact) mass is 449 g/mol. The summed E-state index contributed by atoms with van der Waals surface area (Å²) in [5.74, 6) is 2.12. The fourth-order valence-corrected chi connectivity index (χ4v) is 4.66. The molecule has 0 spiro atoms. The fraction of sp³-hybridized carbons (Fsp3) is 0.458. The van der Waals surface area contributed by atoms with Crippen LogP contribution in [0.4, 0.5) is 23.1 Å². The number of nitrogens with one attached hydrogen (secondary N) is 1. The topological polar surface area (TPSA) is 104 Å². The SMILES string of the molecule is CC(=O)N1CCN(c2ccc(Nc3nc(N4CCC(CN)CC4)c4occc4n3)cc2)CC1. The molecule has 3 aromatic rings. The molecule has 9 heteroatoms. The van der Waals surface area contributed by atoms with E-state index in [1.807, 2.05) is 23.1 Å². The lowest BCUT2D eigenvalue weighted by Gasteiger charge is -2.35. The predicted octanol–water partition coefficient (Wildman–Crippen LogP) is 2.81. The summed E-state index contributed by atoms with van der Waals surface area (Å²) in [6.07, 6.45) is 3.79. The molecule has 33 heavy (non-hydrogen) atoms. The third-order valence-electron chi connectivity index (χ3n) is 6.75. The van der Waals surface area contributed by atoms with Crippen LogP contribution in [0.2, 0.25) is 0 Å². The molecule has 2 saturated heterocycles. The number of anilines is 4. The van der Waals surface area contributed by atoms with E-state index in [9.17, 15) is 4.79 Å². The number of aromatic nitrogens is 2.